The first-order valence-electron chi connectivity index (χ1n) is 7.58. The summed E-state index contributed by atoms with van der Waals surface area (Å²) in [5.74, 6) is 0. The molecule has 0 N–H and O–H groups in total. The monoisotopic (exact) mass is 361 g/mol. The molecule has 0 bridgehead atoms. The Morgan fingerprint density at radius 1 is 0.652 bits per heavy atom. The van der Waals surface area contributed by atoms with Crippen LogP contribution in [0, 0.1) is 0 Å². The van der Waals surface area contributed by atoms with E-state index >= 15 is 0 Å². The molecule has 0 spiro atoms. The number of benzene rings is 3. The quantitative estimate of drug-likeness (QED) is 0.509. The summed E-state index contributed by atoms with van der Waals surface area (Å²) >= 11 is 0.274. The van der Waals surface area contributed by atoms with Crippen molar-refractivity contribution in [2.24, 2.45) is 0 Å². The molecule has 0 unspecified atom stereocenters. The van der Waals surface area contributed by atoms with E-state index in [9.17, 15) is 0 Å². The van der Waals surface area contributed by atoms with Gasteiger partial charge in [-0.3, -0.25) is 0 Å². The molecule has 1 nitrogen and oxygen atoms in total. The van der Waals surface area contributed by atoms with Gasteiger partial charge in [-0.25, -0.2) is 0 Å². The molecule has 0 aliphatic heterocycles. The van der Waals surface area contributed by atoms with E-state index < -0.39 is 0 Å². The third kappa shape index (κ3) is 2.92. The molecule has 0 saturated heterocycles. The fourth-order valence-electron chi connectivity index (χ4n) is 2.70. The summed E-state index contributed by atoms with van der Waals surface area (Å²) in [4.78, 5) is 4.69. The first-order chi connectivity index (χ1) is 11.4. The molecule has 1 heterocycles. The maximum absolute atomic E-state index is 4.69. The van der Waals surface area contributed by atoms with Crippen molar-refractivity contribution in [2.45, 2.75) is 0 Å². The van der Waals surface area contributed by atoms with Crippen LogP contribution < -0.4 is 8.92 Å². The second kappa shape index (κ2) is 6.37. The Labute approximate surface area is 142 Å². The number of nitrogens with zero attached hydrogens (tertiary/aromatic N) is 1. The predicted molar refractivity (Wildman–Crippen MR) is 98.6 cm³/mol. The molecular formula is C21H15NSe. The fourth-order valence-corrected chi connectivity index (χ4v) is 4.73. The number of fused-ring (bicyclic) bond motifs is 1. The number of hydrogen-bond acceptors (Lipinski definition) is 1. The van der Waals surface area contributed by atoms with Crippen molar-refractivity contribution >= 4 is 34.7 Å². The van der Waals surface area contributed by atoms with Crippen LogP contribution in [0.4, 0.5) is 0 Å². The first-order valence-corrected chi connectivity index (χ1v) is 9.29. The van der Waals surface area contributed by atoms with Gasteiger partial charge in [0, 0.05) is 0 Å². The Hall–Kier alpha value is -2.41. The van der Waals surface area contributed by atoms with Gasteiger partial charge in [-0.05, 0) is 0 Å². The topological polar surface area (TPSA) is 12.9 Å². The van der Waals surface area contributed by atoms with Gasteiger partial charge in [0.05, 0.1) is 0 Å². The standard InChI is InChI=1S/C21H15NSe/c1-2-9-17(10-3-1)23-20-13-7-6-12-19(20)21-18-11-5-4-8-16(18)14-15-22-21/h1-15H. The van der Waals surface area contributed by atoms with Crippen LogP contribution in [0.25, 0.3) is 22.0 Å². The first kappa shape index (κ1) is 14.2. The van der Waals surface area contributed by atoms with E-state index in [-0.39, 0.29) is 15.0 Å². The molecular weight excluding hydrogens is 345 g/mol. The minimum atomic E-state index is 0.274. The second-order valence-corrected chi connectivity index (χ2v) is 7.63. The van der Waals surface area contributed by atoms with Crippen molar-refractivity contribution in [2.75, 3.05) is 0 Å². The van der Waals surface area contributed by atoms with E-state index in [1.54, 1.807) is 0 Å². The third-order valence-electron chi connectivity index (χ3n) is 3.79. The van der Waals surface area contributed by atoms with Gasteiger partial charge in [0.15, 0.2) is 0 Å². The van der Waals surface area contributed by atoms with Crippen LogP contribution in [0.15, 0.2) is 91.1 Å². The van der Waals surface area contributed by atoms with Crippen molar-refractivity contribution in [3.63, 3.8) is 0 Å². The van der Waals surface area contributed by atoms with Crippen LogP contribution >= 0.6 is 0 Å². The number of rotatable bonds is 3. The Morgan fingerprint density at radius 3 is 2.30 bits per heavy atom. The van der Waals surface area contributed by atoms with Gasteiger partial charge >= 0.3 is 142 Å². The van der Waals surface area contributed by atoms with Crippen molar-refractivity contribution in [3.05, 3.63) is 91.1 Å². The molecule has 0 fully saturated rings. The van der Waals surface area contributed by atoms with E-state index in [0.717, 1.165) is 5.69 Å². The molecule has 0 saturated carbocycles. The molecule has 1 aromatic heterocycles. The molecule has 4 rings (SSSR count). The Bertz CT molecular complexity index is 942. The molecule has 0 amide bonds. The summed E-state index contributed by atoms with van der Waals surface area (Å²) in [6.07, 6.45) is 1.91. The molecule has 110 valence electrons. The molecule has 0 atom stereocenters. The zero-order valence-electron chi connectivity index (χ0n) is 12.5. The fraction of sp³-hybridized carbons (Fsp3) is 0. The van der Waals surface area contributed by atoms with Crippen molar-refractivity contribution in [1.29, 1.82) is 0 Å². The Morgan fingerprint density at radius 2 is 1.39 bits per heavy atom. The van der Waals surface area contributed by atoms with E-state index in [1.807, 2.05) is 6.20 Å². The van der Waals surface area contributed by atoms with Crippen molar-refractivity contribution in [1.82, 2.24) is 4.98 Å². The average molecular weight is 360 g/mol. The van der Waals surface area contributed by atoms with Gasteiger partial charge in [0.2, 0.25) is 0 Å². The summed E-state index contributed by atoms with van der Waals surface area (Å²) < 4.78 is 2.75. The van der Waals surface area contributed by atoms with E-state index in [1.165, 1.54) is 25.3 Å². The number of aromatic nitrogens is 1. The Kier molecular flexibility index (Phi) is 3.93. The van der Waals surface area contributed by atoms with Crippen LogP contribution in [-0.4, -0.2) is 19.9 Å². The van der Waals surface area contributed by atoms with E-state index in [4.69, 9.17) is 0 Å². The average Bonchev–Trinajstić information content (AvgIpc) is 2.63. The SMILES string of the molecule is c1ccc([Se]c2ccccc2-c2nccc3ccccc23)cc1. The van der Waals surface area contributed by atoms with Gasteiger partial charge in [0.25, 0.3) is 0 Å². The summed E-state index contributed by atoms with van der Waals surface area (Å²) in [6.45, 7) is 0. The normalized spacial score (nSPS) is 10.8. The summed E-state index contributed by atoms with van der Waals surface area (Å²) in [7, 11) is 0. The molecule has 23 heavy (non-hydrogen) atoms. The summed E-state index contributed by atoms with van der Waals surface area (Å²) in [6, 6.07) is 29.9. The zero-order chi connectivity index (χ0) is 15.5. The molecule has 0 radical (unpaired) electrons. The van der Waals surface area contributed by atoms with Crippen molar-refractivity contribution < 1.29 is 0 Å². The Balaban J connectivity index is 1.86. The van der Waals surface area contributed by atoms with Crippen LogP contribution in [0.5, 0.6) is 0 Å². The third-order valence-corrected chi connectivity index (χ3v) is 6.06. The van der Waals surface area contributed by atoms with Crippen LogP contribution in [0.3, 0.4) is 0 Å². The molecule has 4 aromatic rings. The zero-order valence-corrected chi connectivity index (χ0v) is 14.2. The number of pyridine rings is 1. The predicted octanol–water partition coefficient (Wildman–Crippen LogP) is 3.56. The van der Waals surface area contributed by atoms with Gasteiger partial charge in [-0.15, -0.1) is 0 Å². The van der Waals surface area contributed by atoms with Gasteiger partial charge in [-0.1, -0.05) is 0 Å². The van der Waals surface area contributed by atoms with Crippen molar-refractivity contribution in [3.8, 4) is 11.3 Å². The van der Waals surface area contributed by atoms with E-state index in [2.05, 4.69) is 89.9 Å². The molecule has 0 aliphatic rings. The molecule has 0 aliphatic carbocycles. The van der Waals surface area contributed by atoms with Crippen LogP contribution in [-0.2, 0) is 0 Å². The van der Waals surface area contributed by atoms with Crippen LogP contribution in [0.1, 0.15) is 0 Å². The summed E-state index contributed by atoms with van der Waals surface area (Å²) in [5, 5.41) is 2.45. The minimum absolute atomic E-state index is 0.274. The molecule has 2 heteroatoms. The number of hydrogen-bond donors (Lipinski definition) is 0. The van der Waals surface area contributed by atoms with Gasteiger partial charge < -0.3 is 0 Å². The maximum atomic E-state index is 4.69. The van der Waals surface area contributed by atoms with Crippen LogP contribution in [0.2, 0.25) is 0 Å². The van der Waals surface area contributed by atoms with Gasteiger partial charge in [0.1, 0.15) is 0 Å². The second-order valence-electron chi connectivity index (χ2n) is 5.29. The van der Waals surface area contributed by atoms with Gasteiger partial charge in [-0.2, -0.15) is 0 Å². The van der Waals surface area contributed by atoms with E-state index in [0.29, 0.717) is 0 Å². The summed E-state index contributed by atoms with van der Waals surface area (Å²) in [5.41, 5.74) is 2.32. The molecule has 3 aromatic carbocycles.